The second-order valence-electron chi connectivity index (χ2n) is 4.70. The molecule has 112 valence electrons. The van der Waals surface area contributed by atoms with E-state index < -0.39 is 10.8 Å². The number of nitrogens with zero attached hydrogens (tertiary/aromatic N) is 2. The summed E-state index contributed by atoms with van der Waals surface area (Å²) in [5, 5.41) is 20.5. The van der Waals surface area contributed by atoms with Gasteiger partial charge >= 0.3 is 0 Å². The van der Waals surface area contributed by atoms with Crippen molar-refractivity contribution in [3.63, 3.8) is 0 Å². The number of nitro benzene ring substituents is 1. The molecule has 5 nitrogen and oxygen atoms in total. The van der Waals surface area contributed by atoms with Gasteiger partial charge in [0.2, 0.25) is 0 Å². The molecule has 0 N–H and O–H groups in total. The van der Waals surface area contributed by atoms with Crippen LogP contribution in [0.25, 0.3) is 0 Å². The van der Waals surface area contributed by atoms with Crippen LogP contribution < -0.4 is 4.74 Å². The molecule has 0 saturated carbocycles. The highest BCUT2D eigenvalue weighted by atomic mass is 35.5. The molecule has 1 atom stereocenters. The largest absolute Gasteiger partial charge is 0.495 e. The third kappa shape index (κ3) is 3.54. The average Bonchev–Trinajstić information content (AvgIpc) is 2.53. The molecular formula is C16H13ClN2O3. The smallest absolute Gasteiger partial charge is 0.269 e. The van der Waals surface area contributed by atoms with Gasteiger partial charge in [-0.3, -0.25) is 10.1 Å². The van der Waals surface area contributed by atoms with Crippen LogP contribution in [0.5, 0.6) is 5.75 Å². The second kappa shape index (κ2) is 6.92. The SMILES string of the molecule is COc1ccc(CC(C#N)c2ccc([N+](=O)[O-])cc2)cc1Cl. The topological polar surface area (TPSA) is 76.2 Å². The van der Waals surface area contributed by atoms with Crippen LogP contribution in [0.3, 0.4) is 0 Å². The first kappa shape index (κ1) is 15.8. The molecule has 0 aromatic heterocycles. The lowest BCUT2D eigenvalue weighted by molar-refractivity contribution is -0.384. The van der Waals surface area contributed by atoms with Crippen LogP contribution in [0, 0.1) is 21.4 Å². The zero-order valence-electron chi connectivity index (χ0n) is 11.8. The van der Waals surface area contributed by atoms with E-state index in [2.05, 4.69) is 6.07 Å². The van der Waals surface area contributed by atoms with Gasteiger partial charge in [-0.05, 0) is 29.7 Å². The molecule has 0 aliphatic heterocycles. The predicted molar refractivity (Wildman–Crippen MR) is 83.2 cm³/mol. The maximum atomic E-state index is 10.7. The van der Waals surface area contributed by atoms with E-state index in [-0.39, 0.29) is 5.69 Å². The average molecular weight is 317 g/mol. The summed E-state index contributed by atoms with van der Waals surface area (Å²) < 4.78 is 5.09. The molecule has 6 heteroatoms. The van der Waals surface area contributed by atoms with Gasteiger partial charge in [-0.1, -0.05) is 29.8 Å². The van der Waals surface area contributed by atoms with Gasteiger partial charge in [0.05, 0.1) is 29.0 Å². The zero-order chi connectivity index (χ0) is 16.1. The fraction of sp³-hybridized carbons (Fsp3) is 0.188. The number of ether oxygens (including phenoxy) is 1. The molecule has 2 rings (SSSR count). The number of nitro groups is 1. The maximum absolute atomic E-state index is 10.7. The Kier molecular flexibility index (Phi) is 4.97. The molecule has 0 saturated heterocycles. The number of methoxy groups -OCH3 is 1. The first-order chi connectivity index (χ1) is 10.5. The predicted octanol–water partition coefficient (Wildman–Crippen LogP) is 4.11. The lowest BCUT2D eigenvalue weighted by Gasteiger charge is -2.11. The number of rotatable bonds is 5. The summed E-state index contributed by atoms with van der Waals surface area (Å²) in [6, 6.07) is 13.6. The Bertz CT molecular complexity index is 723. The van der Waals surface area contributed by atoms with Crippen molar-refractivity contribution in [1.29, 1.82) is 5.26 Å². The number of hydrogen-bond donors (Lipinski definition) is 0. The van der Waals surface area contributed by atoms with Crippen molar-refractivity contribution < 1.29 is 9.66 Å². The fourth-order valence-electron chi connectivity index (χ4n) is 2.14. The van der Waals surface area contributed by atoms with E-state index in [0.29, 0.717) is 17.2 Å². The van der Waals surface area contributed by atoms with Gasteiger partial charge in [0, 0.05) is 12.1 Å². The fourth-order valence-corrected chi connectivity index (χ4v) is 2.42. The van der Waals surface area contributed by atoms with Crippen molar-refractivity contribution in [2.24, 2.45) is 0 Å². The Morgan fingerprint density at radius 3 is 2.50 bits per heavy atom. The molecule has 0 radical (unpaired) electrons. The normalized spacial score (nSPS) is 11.5. The van der Waals surface area contributed by atoms with Gasteiger partial charge in [0.1, 0.15) is 5.75 Å². The van der Waals surface area contributed by atoms with Crippen molar-refractivity contribution in [1.82, 2.24) is 0 Å². The Labute approximate surface area is 132 Å². The molecule has 2 aromatic carbocycles. The number of halogens is 1. The summed E-state index contributed by atoms with van der Waals surface area (Å²) in [6.07, 6.45) is 0.470. The van der Waals surface area contributed by atoms with Crippen LogP contribution in [0.1, 0.15) is 17.0 Å². The van der Waals surface area contributed by atoms with E-state index in [1.807, 2.05) is 6.07 Å². The van der Waals surface area contributed by atoms with Gasteiger partial charge in [0.25, 0.3) is 5.69 Å². The minimum atomic E-state index is -0.464. The van der Waals surface area contributed by atoms with Crippen LogP contribution in [-0.2, 0) is 6.42 Å². The van der Waals surface area contributed by atoms with E-state index in [1.54, 1.807) is 24.3 Å². The molecule has 0 heterocycles. The van der Waals surface area contributed by atoms with Crippen LogP contribution >= 0.6 is 11.6 Å². The first-order valence-corrected chi connectivity index (χ1v) is 6.89. The Morgan fingerprint density at radius 1 is 1.32 bits per heavy atom. The zero-order valence-corrected chi connectivity index (χ0v) is 12.6. The van der Waals surface area contributed by atoms with Crippen molar-refractivity contribution in [2.45, 2.75) is 12.3 Å². The molecule has 0 fully saturated rings. The lowest BCUT2D eigenvalue weighted by atomic mass is 9.93. The van der Waals surface area contributed by atoms with Gasteiger partial charge < -0.3 is 4.74 Å². The van der Waals surface area contributed by atoms with Gasteiger partial charge in [0.15, 0.2) is 0 Å². The van der Waals surface area contributed by atoms with Crippen LogP contribution in [0.4, 0.5) is 5.69 Å². The van der Waals surface area contributed by atoms with Gasteiger partial charge in [-0.15, -0.1) is 0 Å². The standard InChI is InChI=1S/C16H13ClN2O3/c1-22-16-7-2-11(9-15(16)17)8-13(10-18)12-3-5-14(6-4-12)19(20)21/h2-7,9,13H,8H2,1H3. The summed E-state index contributed by atoms with van der Waals surface area (Å²) in [4.78, 5) is 10.2. The summed E-state index contributed by atoms with van der Waals surface area (Å²) >= 11 is 6.07. The summed E-state index contributed by atoms with van der Waals surface area (Å²) in [6.45, 7) is 0. The van der Waals surface area contributed by atoms with Crippen LogP contribution in [-0.4, -0.2) is 12.0 Å². The quantitative estimate of drug-likeness (QED) is 0.614. The number of non-ortho nitro benzene ring substituents is 1. The van der Waals surface area contributed by atoms with Crippen molar-refractivity contribution in [3.8, 4) is 11.8 Å². The van der Waals surface area contributed by atoms with Crippen LogP contribution in [0.15, 0.2) is 42.5 Å². The van der Waals surface area contributed by atoms with Crippen molar-refractivity contribution >= 4 is 17.3 Å². The number of nitriles is 1. The number of hydrogen-bond acceptors (Lipinski definition) is 4. The van der Waals surface area contributed by atoms with E-state index in [1.165, 1.54) is 19.2 Å². The molecule has 0 amide bonds. The number of benzene rings is 2. The third-order valence-corrected chi connectivity index (χ3v) is 3.61. The van der Waals surface area contributed by atoms with E-state index in [4.69, 9.17) is 16.3 Å². The van der Waals surface area contributed by atoms with E-state index >= 15 is 0 Å². The van der Waals surface area contributed by atoms with Crippen LogP contribution in [0.2, 0.25) is 5.02 Å². The molecule has 0 bridgehead atoms. The summed E-state index contributed by atoms with van der Waals surface area (Å²) in [5.41, 5.74) is 1.64. The maximum Gasteiger partial charge on any atom is 0.269 e. The first-order valence-electron chi connectivity index (χ1n) is 6.51. The van der Waals surface area contributed by atoms with Crippen molar-refractivity contribution in [2.75, 3.05) is 7.11 Å². The second-order valence-corrected chi connectivity index (χ2v) is 5.11. The molecule has 0 aliphatic rings. The molecule has 22 heavy (non-hydrogen) atoms. The molecule has 0 aliphatic carbocycles. The molecule has 2 aromatic rings. The molecule has 0 spiro atoms. The monoisotopic (exact) mass is 316 g/mol. The van der Waals surface area contributed by atoms with Gasteiger partial charge in [-0.2, -0.15) is 5.26 Å². The summed E-state index contributed by atoms with van der Waals surface area (Å²) in [7, 11) is 1.54. The molecule has 1 unspecified atom stereocenters. The Balaban J connectivity index is 2.20. The highest BCUT2D eigenvalue weighted by molar-refractivity contribution is 6.32. The van der Waals surface area contributed by atoms with Crippen molar-refractivity contribution in [3.05, 3.63) is 68.7 Å². The summed E-state index contributed by atoms with van der Waals surface area (Å²) in [5.74, 6) is 0.180. The third-order valence-electron chi connectivity index (χ3n) is 3.32. The Hall–Kier alpha value is -2.58. The van der Waals surface area contributed by atoms with E-state index in [9.17, 15) is 15.4 Å². The van der Waals surface area contributed by atoms with Gasteiger partial charge in [-0.25, -0.2) is 0 Å². The minimum Gasteiger partial charge on any atom is -0.495 e. The molecular weight excluding hydrogens is 304 g/mol. The lowest BCUT2D eigenvalue weighted by Crippen LogP contribution is -2.01. The highest BCUT2D eigenvalue weighted by Gasteiger charge is 2.14. The Morgan fingerprint density at radius 2 is 2.00 bits per heavy atom. The minimum absolute atomic E-state index is 0.00734. The highest BCUT2D eigenvalue weighted by Crippen LogP contribution is 2.28. The van der Waals surface area contributed by atoms with E-state index in [0.717, 1.165) is 11.1 Å².